The van der Waals surface area contributed by atoms with Gasteiger partial charge in [0, 0.05) is 17.0 Å². The number of rotatable bonds is 2. The van der Waals surface area contributed by atoms with E-state index in [9.17, 15) is 0 Å². The monoisotopic (exact) mass is 248 g/mol. The fourth-order valence-corrected chi connectivity index (χ4v) is 2.24. The van der Waals surface area contributed by atoms with Crippen LogP contribution in [0.5, 0.6) is 0 Å². The maximum absolute atomic E-state index is 5.81. The van der Waals surface area contributed by atoms with E-state index in [1.54, 1.807) is 17.5 Å². The second-order valence-electron chi connectivity index (χ2n) is 4.85. The summed E-state index contributed by atoms with van der Waals surface area (Å²) in [6.07, 6.45) is 1.71. The molecule has 4 nitrogen and oxygen atoms in total. The molecule has 0 unspecified atom stereocenters. The van der Waals surface area contributed by atoms with Crippen LogP contribution in [0.25, 0.3) is 0 Å². The van der Waals surface area contributed by atoms with E-state index in [1.807, 2.05) is 12.1 Å². The molecule has 90 valence electrons. The van der Waals surface area contributed by atoms with Crippen molar-refractivity contribution in [2.24, 2.45) is 0 Å². The van der Waals surface area contributed by atoms with Crippen LogP contribution in [0.15, 0.2) is 23.7 Å². The van der Waals surface area contributed by atoms with Crippen molar-refractivity contribution in [3.8, 4) is 0 Å². The molecule has 2 aromatic heterocycles. The number of hydrogen-bond donors (Lipinski definition) is 2. The van der Waals surface area contributed by atoms with Crippen molar-refractivity contribution in [2.75, 3.05) is 11.1 Å². The first-order valence-corrected chi connectivity index (χ1v) is 6.28. The Morgan fingerprint density at radius 2 is 2.12 bits per heavy atom. The molecule has 5 heteroatoms. The van der Waals surface area contributed by atoms with Gasteiger partial charge in [0.05, 0.1) is 11.4 Å². The summed E-state index contributed by atoms with van der Waals surface area (Å²) >= 11 is 1.56. The van der Waals surface area contributed by atoms with Crippen molar-refractivity contribution in [2.45, 2.75) is 26.2 Å². The minimum atomic E-state index is 0.0616. The van der Waals surface area contributed by atoms with Crippen molar-refractivity contribution in [1.82, 2.24) is 9.97 Å². The highest BCUT2D eigenvalue weighted by Gasteiger charge is 2.17. The Kier molecular flexibility index (Phi) is 3.02. The van der Waals surface area contributed by atoms with E-state index in [0.29, 0.717) is 11.5 Å². The molecule has 0 aliphatic rings. The van der Waals surface area contributed by atoms with Crippen LogP contribution in [0.1, 0.15) is 26.5 Å². The van der Waals surface area contributed by atoms with E-state index in [1.165, 1.54) is 0 Å². The largest absolute Gasteiger partial charge is 0.396 e. The number of aromatic nitrogens is 2. The Balaban J connectivity index is 2.21. The molecule has 2 heterocycles. The van der Waals surface area contributed by atoms with Gasteiger partial charge in [-0.25, -0.2) is 9.97 Å². The fraction of sp³-hybridized carbons (Fsp3) is 0.333. The first-order valence-electron chi connectivity index (χ1n) is 5.40. The highest BCUT2D eigenvalue weighted by Crippen LogP contribution is 2.28. The predicted octanol–water partition coefficient (Wildman–Crippen LogP) is 3.16. The molecule has 0 bridgehead atoms. The van der Waals surface area contributed by atoms with Crippen molar-refractivity contribution in [3.05, 3.63) is 29.4 Å². The minimum Gasteiger partial charge on any atom is -0.396 e. The van der Waals surface area contributed by atoms with Crippen molar-refractivity contribution in [3.63, 3.8) is 0 Å². The quantitative estimate of drug-likeness (QED) is 0.857. The fourth-order valence-electron chi connectivity index (χ4n) is 1.30. The van der Waals surface area contributed by atoms with Gasteiger partial charge in [-0.1, -0.05) is 20.8 Å². The Morgan fingerprint density at radius 1 is 1.35 bits per heavy atom. The van der Waals surface area contributed by atoms with Gasteiger partial charge in [0.2, 0.25) is 0 Å². The lowest BCUT2D eigenvalue weighted by Gasteiger charge is -2.14. The van der Waals surface area contributed by atoms with Crippen LogP contribution >= 0.6 is 11.3 Å². The molecular formula is C12H16N4S. The second kappa shape index (κ2) is 4.33. The van der Waals surface area contributed by atoms with Gasteiger partial charge in [0.25, 0.3) is 0 Å². The van der Waals surface area contributed by atoms with Crippen molar-refractivity contribution < 1.29 is 0 Å². The molecule has 0 saturated heterocycles. The maximum atomic E-state index is 5.81. The molecule has 3 N–H and O–H groups in total. The number of thiazole rings is 1. The lowest BCUT2D eigenvalue weighted by atomic mass is 9.93. The number of nitrogen functional groups attached to an aromatic ring is 1. The third-order valence-electron chi connectivity index (χ3n) is 2.34. The van der Waals surface area contributed by atoms with E-state index in [-0.39, 0.29) is 5.41 Å². The molecule has 0 atom stereocenters. The lowest BCUT2D eigenvalue weighted by molar-refractivity contribution is 0.573. The highest BCUT2D eigenvalue weighted by molar-refractivity contribution is 7.13. The van der Waals surface area contributed by atoms with Crippen LogP contribution in [-0.4, -0.2) is 9.97 Å². The van der Waals surface area contributed by atoms with Gasteiger partial charge in [0.1, 0.15) is 0 Å². The second-order valence-corrected chi connectivity index (χ2v) is 5.71. The summed E-state index contributed by atoms with van der Waals surface area (Å²) in [6, 6.07) is 3.62. The van der Waals surface area contributed by atoms with Crippen LogP contribution in [0.2, 0.25) is 0 Å². The van der Waals surface area contributed by atoms with E-state index in [0.717, 1.165) is 10.8 Å². The van der Waals surface area contributed by atoms with E-state index >= 15 is 0 Å². The minimum absolute atomic E-state index is 0.0616. The number of pyridine rings is 1. The first kappa shape index (κ1) is 11.9. The molecule has 2 aromatic rings. The van der Waals surface area contributed by atoms with E-state index < -0.39 is 0 Å². The lowest BCUT2D eigenvalue weighted by Crippen LogP contribution is -2.11. The smallest absolute Gasteiger partial charge is 0.188 e. The van der Waals surface area contributed by atoms with Gasteiger partial charge in [-0.05, 0) is 12.1 Å². The number of anilines is 3. The highest BCUT2D eigenvalue weighted by atomic mass is 32.1. The zero-order valence-corrected chi connectivity index (χ0v) is 11.0. The van der Waals surface area contributed by atoms with Gasteiger partial charge in [-0.2, -0.15) is 0 Å². The molecule has 0 aliphatic carbocycles. The predicted molar refractivity (Wildman–Crippen MR) is 72.7 cm³/mol. The number of nitrogens with zero attached hydrogens (tertiary/aromatic N) is 2. The van der Waals surface area contributed by atoms with Gasteiger partial charge in [-0.15, -0.1) is 11.3 Å². The van der Waals surface area contributed by atoms with Gasteiger partial charge in [-0.3, -0.25) is 0 Å². The topological polar surface area (TPSA) is 63.8 Å². The first-order chi connectivity index (χ1) is 7.97. The zero-order valence-electron chi connectivity index (χ0n) is 10.2. The van der Waals surface area contributed by atoms with Crippen molar-refractivity contribution in [1.29, 1.82) is 0 Å². The average molecular weight is 248 g/mol. The number of hydrogen-bond acceptors (Lipinski definition) is 5. The summed E-state index contributed by atoms with van der Waals surface area (Å²) in [5, 5.41) is 6.01. The van der Waals surface area contributed by atoms with Crippen LogP contribution < -0.4 is 11.1 Å². The summed E-state index contributed by atoms with van der Waals surface area (Å²) in [5.74, 6) is 0.655. The molecule has 0 radical (unpaired) electrons. The Morgan fingerprint density at radius 3 is 2.71 bits per heavy atom. The van der Waals surface area contributed by atoms with Gasteiger partial charge < -0.3 is 11.1 Å². The van der Waals surface area contributed by atoms with Crippen LogP contribution in [0.4, 0.5) is 16.6 Å². The molecule has 0 aromatic carbocycles. The van der Waals surface area contributed by atoms with Crippen LogP contribution in [0.3, 0.4) is 0 Å². The summed E-state index contributed by atoms with van der Waals surface area (Å²) in [4.78, 5) is 8.71. The Labute approximate surface area is 105 Å². The standard InChI is InChI=1S/C12H16N4S/c1-12(2,3)9-7-17-11(15-9)16-10-8(13)5-4-6-14-10/h4-7H,13H2,1-3H3,(H,14,15,16). The average Bonchev–Trinajstić information content (AvgIpc) is 2.69. The van der Waals surface area contributed by atoms with E-state index in [4.69, 9.17) is 5.73 Å². The SMILES string of the molecule is CC(C)(C)c1csc(Nc2ncccc2N)n1. The molecule has 0 aliphatic heterocycles. The summed E-state index contributed by atoms with van der Waals surface area (Å²) in [5.41, 5.74) is 7.57. The summed E-state index contributed by atoms with van der Waals surface area (Å²) in [6.45, 7) is 6.42. The van der Waals surface area contributed by atoms with Crippen molar-refractivity contribution >= 4 is 28.0 Å². The van der Waals surface area contributed by atoms with Crippen LogP contribution in [-0.2, 0) is 5.41 Å². The number of nitrogens with one attached hydrogen (secondary N) is 1. The third-order valence-corrected chi connectivity index (χ3v) is 3.09. The van der Waals surface area contributed by atoms with Gasteiger partial charge in [0.15, 0.2) is 10.9 Å². The molecule has 0 spiro atoms. The van der Waals surface area contributed by atoms with E-state index in [2.05, 4.69) is 41.4 Å². The molecular weight excluding hydrogens is 232 g/mol. The molecule has 0 fully saturated rings. The molecule has 17 heavy (non-hydrogen) atoms. The molecule has 0 saturated carbocycles. The maximum Gasteiger partial charge on any atom is 0.188 e. The summed E-state index contributed by atoms with van der Waals surface area (Å²) in [7, 11) is 0. The Hall–Kier alpha value is -1.62. The zero-order chi connectivity index (χ0) is 12.5. The Bertz CT molecular complexity index is 513. The summed E-state index contributed by atoms with van der Waals surface area (Å²) < 4.78 is 0. The van der Waals surface area contributed by atoms with Crippen LogP contribution in [0, 0.1) is 0 Å². The van der Waals surface area contributed by atoms with Gasteiger partial charge >= 0.3 is 0 Å². The molecule has 2 rings (SSSR count). The third kappa shape index (κ3) is 2.74. The molecule has 0 amide bonds. The number of nitrogens with two attached hydrogens (primary N) is 1. The normalized spacial score (nSPS) is 11.5.